The van der Waals surface area contributed by atoms with Crippen molar-refractivity contribution in [1.82, 2.24) is 15.5 Å². The summed E-state index contributed by atoms with van der Waals surface area (Å²) in [4.78, 5) is 7.40. The first kappa shape index (κ1) is 25.0. The molecule has 1 aliphatic rings. The molecule has 2 rings (SSSR count). The average molecular weight is 502 g/mol. The highest BCUT2D eigenvalue weighted by Crippen LogP contribution is 2.21. The van der Waals surface area contributed by atoms with Gasteiger partial charge in [0.1, 0.15) is 5.75 Å². The van der Waals surface area contributed by atoms with Gasteiger partial charge in [-0.1, -0.05) is 26.0 Å². The van der Waals surface area contributed by atoms with Crippen LogP contribution < -0.4 is 15.4 Å². The predicted octanol–water partition coefficient (Wildman–Crippen LogP) is 4.09. The highest BCUT2D eigenvalue weighted by atomic mass is 127. The second-order valence-corrected chi connectivity index (χ2v) is 7.56. The third kappa shape index (κ3) is 8.55. The molecule has 0 amide bonds. The molecule has 0 aliphatic carbocycles. The molecule has 160 valence electrons. The van der Waals surface area contributed by atoms with Crippen molar-refractivity contribution in [3.05, 3.63) is 29.8 Å². The molecular formula is C22H39IN4O. The molecule has 1 heterocycles. The Morgan fingerprint density at radius 1 is 1.25 bits per heavy atom. The van der Waals surface area contributed by atoms with E-state index in [0.717, 1.165) is 37.8 Å². The minimum Gasteiger partial charge on any atom is -0.497 e. The van der Waals surface area contributed by atoms with Crippen molar-refractivity contribution in [3.8, 4) is 5.75 Å². The number of nitrogens with one attached hydrogen (secondary N) is 2. The number of nitrogens with zero attached hydrogens (tertiary/aromatic N) is 2. The van der Waals surface area contributed by atoms with Crippen LogP contribution in [-0.2, 0) is 0 Å². The molecule has 5 nitrogen and oxygen atoms in total. The number of hydrogen-bond acceptors (Lipinski definition) is 3. The molecule has 0 spiro atoms. The normalized spacial score (nSPS) is 18.4. The van der Waals surface area contributed by atoms with Crippen molar-refractivity contribution < 1.29 is 4.74 Å². The smallest absolute Gasteiger partial charge is 0.191 e. The van der Waals surface area contributed by atoms with Crippen molar-refractivity contribution in [3.63, 3.8) is 0 Å². The van der Waals surface area contributed by atoms with E-state index in [1.807, 2.05) is 12.1 Å². The van der Waals surface area contributed by atoms with Crippen LogP contribution in [-0.4, -0.2) is 57.2 Å². The van der Waals surface area contributed by atoms with E-state index in [9.17, 15) is 0 Å². The molecule has 0 radical (unpaired) electrons. The Labute approximate surface area is 188 Å². The van der Waals surface area contributed by atoms with Crippen LogP contribution in [0.2, 0.25) is 0 Å². The van der Waals surface area contributed by atoms with Gasteiger partial charge in [0, 0.05) is 26.2 Å². The van der Waals surface area contributed by atoms with E-state index >= 15 is 0 Å². The van der Waals surface area contributed by atoms with Crippen LogP contribution in [0.15, 0.2) is 29.3 Å². The van der Waals surface area contributed by atoms with E-state index in [1.54, 1.807) is 7.11 Å². The van der Waals surface area contributed by atoms with E-state index < -0.39 is 0 Å². The molecule has 6 heteroatoms. The zero-order valence-electron chi connectivity index (χ0n) is 18.0. The van der Waals surface area contributed by atoms with E-state index in [0.29, 0.717) is 11.8 Å². The van der Waals surface area contributed by atoms with Crippen LogP contribution in [0.4, 0.5) is 0 Å². The first-order chi connectivity index (χ1) is 13.2. The number of hydrogen-bond donors (Lipinski definition) is 2. The summed E-state index contributed by atoms with van der Waals surface area (Å²) in [6, 6.07) is 8.39. The largest absolute Gasteiger partial charge is 0.497 e. The Morgan fingerprint density at radius 3 is 2.64 bits per heavy atom. The fraction of sp³-hybridized carbons (Fsp3) is 0.682. The maximum atomic E-state index is 5.24. The topological polar surface area (TPSA) is 48.9 Å². The minimum atomic E-state index is 0. The maximum Gasteiger partial charge on any atom is 0.191 e. The SMILES string of the molecule is CCCN1CCC(CN=C(NCC)NCCC(C)c2ccc(OC)cc2)C1.I. The van der Waals surface area contributed by atoms with Crippen molar-refractivity contribution in [2.75, 3.05) is 46.4 Å². The molecule has 1 aromatic rings. The van der Waals surface area contributed by atoms with Gasteiger partial charge in [0.2, 0.25) is 0 Å². The Bertz CT molecular complexity index is 564. The molecule has 2 atom stereocenters. The van der Waals surface area contributed by atoms with Gasteiger partial charge in [-0.2, -0.15) is 0 Å². The Morgan fingerprint density at radius 2 is 2.00 bits per heavy atom. The number of methoxy groups -OCH3 is 1. The standard InChI is InChI=1S/C22H38N4O.HI/c1-5-14-26-15-12-19(17-26)16-25-22(23-6-2)24-13-11-18(3)20-7-9-21(27-4)10-8-20;/h7-10,18-19H,5-6,11-17H2,1-4H3,(H2,23,24,25);1H. The Hall–Kier alpha value is -1.02. The lowest BCUT2D eigenvalue weighted by Gasteiger charge is -2.16. The highest BCUT2D eigenvalue weighted by molar-refractivity contribution is 14.0. The van der Waals surface area contributed by atoms with Crippen molar-refractivity contribution in [2.45, 2.75) is 46.0 Å². The highest BCUT2D eigenvalue weighted by Gasteiger charge is 2.21. The van der Waals surface area contributed by atoms with Crippen LogP contribution in [0.3, 0.4) is 0 Å². The fourth-order valence-electron chi connectivity index (χ4n) is 3.65. The van der Waals surface area contributed by atoms with Crippen LogP contribution in [0.1, 0.15) is 51.5 Å². The number of benzene rings is 1. The molecule has 2 unspecified atom stereocenters. The number of guanidine groups is 1. The molecule has 1 saturated heterocycles. The number of ether oxygens (including phenoxy) is 1. The van der Waals surface area contributed by atoms with Crippen LogP contribution in [0.5, 0.6) is 5.75 Å². The monoisotopic (exact) mass is 502 g/mol. The summed E-state index contributed by atoms with van der Waals surface area (Å²) in [5.41, 5.74) is 1.35. The average Bonchev–Trinajstić information content (AvgIpc) is 3.14. The summed E-state index contributed by atoms with van der Waals surface area (Å²) in [7, 11) is 1.71. The number of rotatable bonds is 10. The quantitative estimate of drug-likeness (QED) is 0.288. The molecule has 1 aliphatic heterocycles. The summed E-state index contributed by atoms with van der Waals surface area (Å²) in [6.07, 6.45) is 3.59. The van der Waals surface area contributed by atoms with E-state index in [4.69, 9.17) is 9.73 Å². The van der Waals surface area contributed by atoms with Gasteiger partial charge < -0.3 is 20.3 Å². The summed E-state index contributed by atoms with van der Waals surface area (Å²) in [6.45, 7) is 13.0. The summed E-state index contributed by atoms with van der Waals surface area (Å²) < 4.78 is 5.24. The third-order valence-corrected chi connectivity index (χ3v) is 5.32. The van der Waals surface area contributed by atoms with Gasteiger partial charge in [0.05, 0.1) is 7.11 Å². The summed E-state index contributed by atoms with van der Waals surface area (Å²) in [5, 5.41) is 6.89. The van der Waals surface area contributed by atoms with Crippen LogP contribution in [0.25, 0.3) is 0 Å². The van der Waals surface area contributed by atoms with Gasteiger partial charge in [0.25, 0.3) is 0 Å². The lowest BCUT2D eigenvalue weighted by Crippen LogP contribution is -2.38. The summed E-state index contributed by atoms with van der Waals surface area (Å²) in [5.74, 6) is 3.07. The molecule has 0 saturated carbocycles. The second-order valence-electron chi connectivity index (χ2n) is 7.56. The molecule has 1 fully saturated rings. The second kappa shape index (κ2) is 14.0. The number of likely N-dealkylation sites (tertiary alicyclic amines) is 1. The van der Waals surface area contributed by atoms with Gasteiger partial charge in [-0.05, 0) is 68.8 Å². The first-order valence-electron chi connectivity index (χ1n) is 10.5. The molecular weight excluding hydrogens is 463 g/mol. The summed E-state index contributed by atoms with van der Waals surface area (Å²) >= 11 is 0. The van der Waals surface area contributed by atoms with Gasteiger partial charge in [-0.25, -0.2) is 0 Å². The van der Waals surface area contributed by atoms with E-state index in [-0.39, 0.29) is 24.0 Å². The van der Waals surface area contributed by atoms with Gasteiger partial charge in [-0.15, -0.1) is 24.0 Å². The molecule has 2 N–H and O–H groups in total. The molecule has 0 bridgehead atoms. The fourth-order valence-corrected chi connectivity index (χ4v) is 3.65. The first-order valence-corrected chi connectivity index (χ1v) is 10.5. The number of aliphatic imine (C=N–C) groups is 1. The zero-order valence-corrected chi connectivity index (χ0v) is 20.4. The molecule has 1 aromatic carbocycles. The van der Waals surface area contributed by atoms with E-state index in [2.05, 4.69) is 48.4 Å². The van der Waals surface area contributed by atoms with Gasteiger partial charge in [-0.3, -0.25) is 4.99 Å². The zero-order chi connectivity index (χ0) is 19.5. The van der Waals surface area contributed by atoms with Crippen LogP contribution >= 0.6 is 24.0 Å². The van der Waals surface area contributed by atoms with Crippen molar-refractivity contribution in [2.24, 2.45) is 10.9 Å². The van der Waals surface area contributed by atoms with Gasteiger partial charge in [0.15, 0.2) is 5.96 Å². The maximum absolute atomic E-state index is 5.24. The third-order valence-electron chi connectivity index (χ3n) is 5.32. The van der Waals surface area contributed by atoms with E-state index in [1.165, 1.54) is 38.0 Å². The lowest BCUT2D eigenvalue weighted by atomic mass is 9.98. The Balaban J connectivity index is 0.00000392. The van der Waals surface area contributed by atoms with Gasteiger partial charge >= 0.3 is 0 Å². The minimum absolute atomic E-state index is 0. The lowest BCUT2D eigenvalue weighted by molar-refractivity contribution is 0.326. The molecule has 28 heavy (non-hydrogen) atoms. The van der Waals surface area contributed by atoms with Crippen LogP contribution in [0, 0.1) is 5.92 Å². The van der Waals surface area contributed by atoms with Crippen molar-refractivity contribution >= 4 is 29.9 Å². The predicted molar refractivity (Wildman–Crippen MR) is 130 cm³/mol. The number of halogens is 1. The Kier molecular flexibility index (Phi) is 12.5. The van der Waals surface area contributed by atoms with Crippen molar-refractivity contribution in [1.29, 1.82) is 0 Å². The molecule has 0 aromatic heterocycles.